The lowest BCUT2D eigenvalue weighted by molar-refractivity contribution is -0.122. The summed E-state index contributed by atoms with van der Waals surface area (Å²) >= 11 is 5.91. The third kappa shape index (κ3) is 6.63. The number of carbonyl (C=O) groups excluding carboxylic acids is 1. The molecule has 1 rings (SSSR count). The first kappa shape index (κ1) is 15.8. The van der Waals surface area contributed by atoms with Crippen LogP contribution >= 0.6 is 11.6 Å². The van der Waals surface area contributed by atoms with Crippen LogP contribution in [0.5, 0.6) is 0 Å². The molecule has 1 unspecified atom stereocenters. The van der Waals surface area contributed by atoms with Crippen molar-refractivity contribution in [2.24, 2.45) is 11.8 Å². The Bertz CT molecular complexity index is 229. The van der Waals surface area contributed by atoms with Crippen LogP contribution in [0.2, 0.25) is 0 Å². The first-order chi connectivity index (χ1) is 8.61. The van der Waals surface area contributed by atoms with E-state index in [2.05, 4.69) is 19.2 Å². The predicted molar refractivity (Wildman–Crippen MR) is 77.9 cm³/mol. The van der Waals surface area contributed by atoms with Gasteiger partial charge in [-0.25, -0.2) is 0 Å². The quantitative estimate of drug-likeness (QED) is 0.572. The average molecular weight is 274 g/mol. The van der Waals surface area contributed by atoms with Gasteiger partial charge in [0.25, 0.3) is 0 Å². The van der Waals surface area contributed by atoms with Gasteiger partial charge in [0.2, 0.25) is 5.91 Å². The van der Waals surface area contributed by atoms with Crippen molar-refractivity contribution in [1.82, 2.24) is 5.32 Å². The van der Waals surface area contributed by atoms with E-state index in [1.54, 1.807) is 0 Å². The highest BCUT2D eigenvalue weighted by Crippen LogP contribution is 2.25. The number of hydrogen-bond acceptors (Lipinski definition) is 1. The average Bonchev–Trinajstić information content (AvgIpc) is 2.56. The van der Waals surface area contributed by atoms with Gasteiger partial charge in [0, 0.05) is 18.3 Å². The molecule has 1 atom stereocenters. The van der Waals surface area contributed by atoms with Crippen LogP contribution in [-0.4, -0.2) is 17.8 Å². The van der Waals surface area contributed by atoms with Gasteiger partial charge in [-0.3, -0.25) is 4.79 Å². The molecule has 18 heavy (non-hydrogen) atoms. The molecule has 2 nitrogen and oxygen atoms in total. The Hall–Kier alpha value is -0.240. The minimum Gasteiger partial charge on any atom is -0.352 e. The molecule has 1 N–H and O–H groups in total. The summed E-state index contributed by atoms with van der Waals surface area (Å²) in [6.45, 7) is 4.33. The van der Waals surface area contributed by atoms with Gasteiger partial charge < -0.3 is 5.32 Å². The van der Waals surface area contributed by atoms with Gasteiger partial charge in [0.05, 0.1) is 0 Å². The van der Waals surface area contributed by atoms with E-state index in [-0.39, 0.29) is 11.9 Å². The van der Waals surface area contributed by atoms with Gasteiger partial charge in [0.15, 0.2) is 0 Å². The van der Waals surface area contributed by atoms with Crippen LogP contribution in [0, 0.1) is 11.8 Å². The number of carbonyl (C=O) groups is 1. The van der Waals surface area contributed by atoms with Crippen LogP contribution in [0.1, 0.15) is 65.2 Å². The molecule has 1 aliphatic rings. The number of halogens is 1. The number of nitrogens with one attached hydrogen (secondary N) is 1. The van der Waals surface area contributed by atoms with Crippen molar-refractivity contribution >= 4 is 17.5 Å². The number of hydrogen-bond donors (Lipinski definition) is 1. The van der Waals surface area contributed by atoms with E-state index in [4.69, 9.17) is 11.6 Å². The van der Waals surface area contributed by atoms with Crippen LogP contribution in [0.4, 0.5) is 0 Å². The second kappa shape index (κ2) is 8.79. The smallest absolute Gasteiger partial charge is 0.220 e. The Morgan fingerprint density at radius 1 is 1.22 bits per heavy atom. The lowest BCUT2D eigenvalue weighted by atomic mass is 9.96. The molecule has 106 valence electrons. The molecule has 0 aliphatic heterocycles. The number of amides is 1. The molecular weight excluding hydrogens is 246 g/mol. The van der Waals surface area contributed by atoms with E-state index in [1.807, 2.05) is 0 Å². The molecule has 1 amide bonds. The second-order valence-electron chi connectivity index (χ2n) is 6.11. The van der Waals surface area contributed by atoms with Crippen LogP contribution in [-0.2, 0) is 4.79 Å². The maximum atomic E-state index is 12.0. The van der Waals surface area contributed by atoms with Crippen LogP contribution < -0.4 is 5.32 Å². The molecule has 1 aliphatic carbocycles. The fraction of sp³-hybridized carbons (Fsp3) is 0.933. The third-order valence-electron chi connectivity index (χ3n) is 3.76. The van der Waals surface area contributed by atoms with E-state index in [0.29, 0.717) is 24.1 Å². The molecule has 1 fully saturated rings. The Balaban J connectivity index is 2.29. The van der Waals surface area contributed by atoms with Crippen molar-refractivity contribution in [1.29, 1.82) is 0 Å². The fourth-order valence-corrected chi connectivity index (χ4v) is 3.05. The summed E-state index contributed by atoms with van der Waals surface area (Å²) in [6, 6.07) is 0.143. The van der Waals surface area contributed by atoms with Crippen molar-refractivity contribution < 1.29 is 4.79 Å². The summed E-state index contributed by atoms with van der Waals surface area (Å²) in [5.74, 6) is 1.90. The highest BCUT2D eigenvalue weighted by Gasteiger charge is 2.18. The monoisotopic (exact) mass is 273 g/mol. The van der Waals surface area contributed by atoms with Crippen LogP contribution in [0.25, 0.3) is 0 Å². The summed E-state index contributed by atoms with van der Waals surface area (Å²) in [7, 11) is 0. The molecule has 0 radical (unpaired) electrons. The van der Waals surface area contributed by atoms with Gasteiger partial charge in [-0.15, -0.1) is 11.6 Å². The third-order valence-corrected chi connectivity index (χ3v) is 4.13. The highest BCUT2D eigenvalue weighted by atomic mass is 35.5. The lowest BCUT2D eigenvalue weighted by Crippen LogP contribution is -2.37. The van der Waals surface area contributed by atoms with Crippen molar-refractivity contribution in [3.05, 3.63) is 0 Å². The normalized spacial score (nSPS) is 19.6. The highest BCUT2D eigenvalue weighted by molar-refractivity contribution is 6.18. The second-order valence-corrected chi connectivity index (χ2v) is 6.42. The van der Waals surface area contributed by atoms with Gasteiger partial charge in [-0.05, 0) is 31.1 Å². The molecular formula is C15H28ClNO. The van der Waals surface area contributed by atoms with E-state index < -0.39 is 0 Å². The first-order valence-electron chi connectivity index (χ1n) is 7.47. The van der Waals surface area contributed by atoms with Crippen molar-refractivity contribution in [3.8, 4) is 0 Å². The van der Waals surface area contributed by atoms with Gasteiger partial charge in [-0.2, -0.15) is 0 Å². The largest absolute Gasteiger partial charge is 0.352 e. The zero-order valence-corrected chi connectivity index (χ0v) is 12.6. The van der Waals surface area contributed by atoms with E-state index in [9.17, 15) is 4.79 Å². The molecule has 0 heterocycles. The summed E-state index contributed by atoms with van der Waals surface area (Å²) in [6.07, 6.45) is 9.40. The van der Waals surface area contributed by atoms with Crippen molar-refractivity contribution in [2.75, 3.05) is 5.88 Å². The summed E-state index contributed by atoms with van der Waals surface area (Å²) in [4.78, 5) is 12.0. The Labute approximate surface area is 117 Å². The Morgan fingerprint density at radius 2 is 1.83 bits per heavy atom. The minimum absolute atomic E-state index is 0.143. The molecule has 0 aromatic rings. The van der Waals surface area contributed by atoms with E-state index in [0.717, 1.165) is 6.42 Å². The molecule has 0 saturated heterocycles. The SMILES string of the molecule is CC(C)CC(CCl)NC(=O)CC1CCCCCC1. The Kier molecular flexibility index (Phi) is 7.73. The van der Waals surface area contributed by atoms with Gasteiger partial charge in [0.1, 0.15) is 0 Å². The first-order valence-corrected chi connectivity index (χ1v) is 8.00. The van der Waals surface area contributed by atoms with E-state index >= 15 is 0 Å². The van der Waals surface area contributed by atoms with Gasteiger partial charge in [-0.1, -0.05) is 39.5 Å². The summed E-state index contributed by atoms with van der Waals surface area (Å²) in [5, 5.41) is 3.09. The summed E-state index contributed by atoms with van der Waals surface area (Å²) < 4.78 is 0. The minimum atomic E-state index is 0.143. The topological polar surface area (TPSA) is 29.1 Å². The number of rotatable bonds is 6. The zero-order valence-electron chi connectivity index (χ0n) is 11.9. The Morgan fingerprint density at radius 3 is 2.33 bits per heavy atom. The maximum Gasteiger partial charge on any atom is 0.220 e. The molecule has 0 aromatic carbocycles. The van der Waals surface area contributed by atoms with Crippen molar-refractivity contribution in [2.45, 2.75) is 71.3 Å². The standard InChI is InChI=1S/C15H28ClNO/c1-12(2)9-14(11-16)17-15(18)10-13-7-5-3-4-6-8-13/h12-14H,3-11H2,1-2H3,(H,17,18). The lowest BCUT2D eigenvalue weighted by Gasteiger charge is -2.20. The zero-order chi connectivity index (χ0) is 13.4. The van der Waals surface area contributed by atoms with Crippen molar-refractivity contribution in [3.63, 3.8) is 0 Å². The summed E-state index contributed by atoms with van der Waals surface area (Å²) in [5.41, 5.74) is 0. The predicted octanol–water partition coefficient (Wildman–Crippen LogP) is 4.12. The molecule has 1 saturated carbocycles. The molecule has 0 aromatic heterocycles. The van der Waals surface area contributed by atoms with Crippen LogP contribution in [0.15, 0.2) is 0 Å². The molecule has 0 bridgehead atoms. The van der Waals surface area contributed by atoms with Gasteiger partial charge >= 0.3 is 0 Å². The van der Waals surface area contributed by atoms with E-state index in [1.165, 1.54) is 38.5 Å². The molecule has 3 heteroatoms. The molecule has 0 spiro atoms. The fourth-order valence-electron chi connectivity index (χ4n) is 2.85. The van der Waals surface area contributed by atoms with Crippen LogP contribution in [0.3, 0.4) is 0 Å². The number of alkyl halides is 1. The maximum absolute atomic E-state index is 12.0.